The Labute approximate surface area is 95.6 Å². The number of benzene rings is 1. The second kappa shape index (κ2) is 5.30. The van der Waals surface area contributed by atoms with Gasteiger partial charge in [0.15, 0.2) is 0 Å². The van der Waals surface area contributed by atoms with Crippen LogP contribution in [0.3, 0.4) is 0 Å². The monoisotopic (exact) mass is 222 g/mol. The fraction of sp³-hybridized carbons (Fsp3) is 0.500. The Hall–Kier alpha value is -1.10. The van der Waals surface area contributed by atoms with Gasteiger partial charge in [-0.25, -0.2) is 0 Å². The molecule has 3 N–H and O–H groups in total. The van der Waals surface area contributed by atoms with Crippen LogP contribution >= 0.6 is 0 Å². The maximum atomic E-state index is 10.0. The first-order chi connectivity index (χ1) is 7.75. The van der Waals surface area contributed by atoms with E-state index in [2.05, 4.69) is 4.90 Å². The fourth-order valence-electron chi connectivity index (χ4n) is 1.85. The summed E-state index contributed by atoms with van der Waals surface area (Å²) in [7, 11) is 0. The van der Waals surface area contributed by atoms with Crippen molar-refractivity contribution < 1.29 is 9.84 Å². The van der Waals surface area contributed by atoms with Crippen molar-refractivity contribution in [2.75, 3.05) is 38.6 Å². The van der Waals surface area contributed by atoms with Crippen LogP contribution in [0.5, 0.6) is 0 Å². The minimum Gasteiger partial charge on any atom is -0.399 e. The first-order valence-corrected chi connectivity index (χ1v) is 5.59. The number of nitrogens with zero attached hydrogens (tertiary/aromatic N) is 1. The molecule has 0 radical (unpaired) electrons. The molecular formula is C12H18N2O2. The zero-order chi connectivity index (χ0) is 11.4. The van der Waals surface area contributed by atoms with Crippen LogP contribution in [0.1, 0.15) is 11.7 Å². The zero-order valence-corrected chi connectivity index (χ0v) is 9.30. The molecule has 1 aliphatic heterocycles. The third kappa shape index (κ3) is 2.95. The summed E-state index contributed by atoms with van der Waals surface area (Å²) in [5, 5.41) is 10.0. The number of aliphatic hydroxyl groups is 1. The smallest absolute Gasteiger partial charge is 0.0916 e. The third-order valence-corrected chi connectivity index (χ3v) is 2.86. The van der Waals surface area contributed by atoms with Crippen molar-refractivity contribution in [3.63, 3.8) is 0 Å². The van der Waals surface area contributed by atoms with E-state index < -0.39 is 6.10 Å². The fourth-order valence-corrected chi connectivity index (χ4v) is 1.85. The van der Waals surface area contributed by atoms with Crippen molar-refractivity contribution >= 4 is 5.69 Å². The van der Waals surface area contributed by atoms with Gasteiger partial charge in [-0.1, -0.05) is 12.1 Å². The average molecular weight is 222 g/mol. The summed E-state index contributed by atoms with van der Waals surface area (Å²) in [6.45, 7) is 3.97. The van der Waals surface area contributed by atoms with E-state index in [-0.39, 0.29) is 0 Å². The van der Waals surface area contributed by atoms with Crippen LogP contribution in [-0.4, -0.2) is 42.9 Å². The van der Waals surface area contributed by atoms with Gasteiger partial charge in [0.1, 0.15) is 0 Å². The number of hydrogen-bond acceptors (Lipinski definition) is 4. The van der Waals surface area contributed by atoms with Crippen LogP contribution in [0.15, 0.2) is 24.3 Å². The Kier molecular flexibility index (Phi) is 3.77. The normalized spacial score (nSPS) is 19.6. The molecular weight excluding hydrogens is 204 g/mol. The van der Waals surface area contributed by atoms with Crippen molar-refractivity contribution in [3.8, 4) is 0 Å². The molecule has 1 heterocycles. The summed E-state index contributed by atoms with van der Waals surface area (Å²) in [5.74, 6) is 0. The van der Waals surface area contributed by atoms with Gasteiger partial charge in [0.2, 0.25) is 0 Å². The molecule has 0 aromatic heterocycles. The molecule has 16 heavy (non-hydrogen) atoms. The molecule has 1 aromatic rings. The van der Waals surface area contributed by atoms with Gasteiger partial charge in [-0.3, -0.25) is 4.90 Å². The maximum absolute atomic E-state index is 10.0. The van der Waals surface area contributed by atoms with E-state index in [1.165, 1.54) is 0 Å². The summed E-state index contributed by atoms with van der Waals surface area (Å²) in [4.78, 5) is 2.21. The van der Waals surface area contributed by atoms with Crippen LogP contribution < -0.4 is 5.73 Å². The second-order valence-electron chi connectivity index (χ2n) is 4.10. The van der Waals surface area contributed by atoms with Crippen molar-refractivity contribution in [1.29, 1.82) is 0 Å². The number of aliphatic hydroxyl groups excluding tert-OH is 1. The number of anilines is 1. The van der Waals surface area contributed by atoms with Crippen LogP contribution in [0, 0.1) is 0 Å². The molecule has 0 bridgehead atoms. The van der Waals surface area contributed by atoms with Crippen molar-refractivity contribution in [3.05, 3.63) is 29.8 Å². The second-order valence-corrected chi connectivity index (χ2v) is 4.10. The summed E-state index contributed by atoms with van der Waals surface area (Å²) in [5.41, 5.74) is 7.24. The number of nitrogens with two attached hydrogens (primary N) is 1. The first kappa shape index (κ1) is 11.4. The minimum absolute atomic E-state index is 0.446. The van der Waals surface area contributed by atoms with Crippen LogP contribution in [-0.2, 0) is 4.74 Å². The number of β-amino-alcohol motifs (C(OH)–C–C–N with tert-alkyl or cyclic N) is 1. The van der Waals surface area contributed by atoms with Crippen molar-refractivity contribution in [2.24, 2.45) is 0 Å². The largest absolute Gasteiger partial charge is 0.399 e. The maximum Gasteiger partial charge on any atom is 0.0916 e. The van der Waals surface area contributed by atoms with Gasteiger partial charge >= 0.3 is 0 Å². The molecule has 4 nitrogen and oxygen atoms in total. The standard InChI is InChI=1S/C12H18N2O2/c13-11-3-1-10(2-4-11)12(15)9-14-5-7-16-8-6-14/h1-4,12,15H,5-9,13H2/t12-/m0/s1. The van der Waals surface area contributed by atoms with E-state index in [1.54, 1.807) is 0 Å². The Bertz CT molecular complexity index is 320. The van der Waals surface area contributed by atoms with Gasteiger partial charge in [0.05, 0.1) is 19.3 Å². The highest BCUT2D eigenvalue weighted by Crippen LogP contribution is 2.16. The molecule has 0 aliphatic carbocycles. The SMILES string of the molecule is Nc1ccc([C@@H](O)CN2CCOCC2)cc1. The van der Waals surface area contributed by atoms with Crippen LogP contribution in [0.25, 0.3) is 0 Å². The molecule has 0 saturated carbocycles. The van der Waals surface area contributed by atoms with E-state index in [0.717, 1.165) is 37.6 Å². The summed E-state index contributed by atoms with van der Waals surface area (Å²) in [6.07, 6.45) is -0.446. The average Bonchev–Trinajstić information content (AvgIpc) is 2.31. The predicted octanol–water partition coefficient (Wildman–Crippen LogP) is 0.634. The van der Waals surface area contributed by atoms with Gasteiger partial charge in [-0.2, -0.15) is 0 Å². The lowest BCUT2D eigenvalue weighted by Crippen LogP contribution is -2.38. The molecule has 1 atom stereocenters. The van der Waals surface area contributed by atoms with E-state index in [9.17, 15) is 5.11 Å². The van der Waals surface area contributed by atoms with Crippen LogP contribution in [0.2, 0.25) is 0 Å². The van der Waals surface area contributed by atoms with Gasteiger partial charge in [-0.05, 0) is 17.7 Å². The highest BCUT2D eigenvalue weighted by molar-refractivity contribution is 5.39. The van der Waals surface area contributed by atoms with Gasteiger partial charge in [-0.15, -0.1) is 0 Å². The highest BCUT2D eigenvalue weighted by Gasteiger charge is 2.15. The van der Waals surface area contributed by atoms with Gasteiger partial charge in [0.25, 0.3) is 0 Å². The lowest BCUT2D eigenvalue weighted by Gasteiger charge is -2.28. The number of ether oxygens (including phenoxy) is 1. The number of morpholine rings is 1. The lowest BCUT2D eigenvalue weighted by molar-refractivity contribution is 0.0143. The molecule has 2 rings (SSSR count). The first-order valence-electron chi connectivity index (χ1n) is 5.59. The minimum atomic E-state index is -0.446. The molecule has 4 heteroatoms. The topological polar surface area (TPSA) is 58.7 Å². The molecule has 1 fully saturated rings. The Morgan fingerprint density at radius 3 is 2.50 bits per heavy atom. The van der Waals surface area contributed by atoms with E-state index in [4.69, 9.17) is 10.5 Å². The molecule has 1 aliphatic rings. The Morgan fingerprint density at radius 2 is 1.88 bits per heavy atom. The molecule has 88 valence electrons. The van der Waals surface area contributed by atoms with Gasteiger partial charge < -0.3 is 15.6 Å². The molecule has 0 unspecified atom stereocenters. The number of hydrogen-bond donors (Lipinski definition) is 2. The molecule has 1 aromatic carbocycles. The zero-order valence-electron chi connectivity index (χ0n) is 9.30. The third-order valence-electron chi connectivity index (χ3n) is 2.86. The molecule has 1 saturated heterocycles. The molecule has 0 amide bonds. The summed E-state index contributed by atoms with van der Waals surface area (Å²) >= 11 is 0. The van der Waals surface area contributed by atoms with E-state index in [1.807, 2.05) is 24.3 Å². The van der Waals surface area contributed by atoms with E-state index in [0.29, 0.717) is 6.54 Å². The lowest BCUT2D eigenvalue weighted by atomic mass is 10.1. The quantitative estimate of drug-likeness (QED) is 0.737. The summed E-state index contributed by atoms with van der Waals surface area (Å²) < 4.78 is 5.26. The van der Waals surface area contributed by atoms with Crippen molar-refractivity contribution in [1.82, 2.24) is 4.90 Å². The summed E-state index contributed by atoms with van der Waals surface area (Å²) in [6, 6.07) is 7.39. The van der Waals surface area contributed by atoms with Crippen molar-refractivity contribution in [2.45, 2.75) is 6.10 Å². The molecule has 0 spiro atoms. The number of rotatable bonds is 3. The highest BCUT2D eigenvalue weighted by atomic mass is 16.5. The predicted molar refractivity (Wildman–Crippen MR) is 63.1 cm³/mol. The van der Waals surface area contributed by atoms with Crippen LogP contribution in [0.4, 0.5) is 5.69 Å². The Balaban J connectivity index is 1.91. The van der Waals surface area contributed by atoms with Gasteiger partial charge in [0, 0.05) is 25.3 Å². The Morgan fingerprint density at radius 1 is 1.25 bits per heavy atom. The van der Waals surface area contributed by atoms with E-state index >= 15 is 0 Å². The number of nitrogen functional groups attached to an aromatic ring is 1.